The van der Waals surface area contributed by atoms with Gasteiger partial charge in [0, 0.05) is 13.1 Å². The maximum absolute atomic E-state index is 13.2. The number of nitrogens with zero attached hydrogens (tertiary/aromatic N) is 2. The predicted octanol–water partition coefficient (Wildman–Crippen LogP) is 2.59. The van der Waals surface area contributed by atoms with Gasteiger partial charge in [0.15, 0.2) is 11.5 Å². The minimum atomic E-state index is -0.879. The van der Waals surface area contributed by atoms with Crippen molar-refractivity contribution in [1.29, 1.82) is 0 Å². The van der Waals surface area contributed by atoms with Crippen LogP contribution in [0.15, 0.2) is 42.5 Å². The molecule has 2 aromatic rings. The van der Waals surface area contributed by atoms with Crippen LogP contribution in [0.25, 0.3) is 0 Å². The molecule has 2 heterocycles. The third kappa shape index (κ3) is 3.68. The van der Waals surface area contributed by atoms with Crippen molar-refractivity contribution >= 4 is 23.5 Å². The van der Waals surface area contributed by atoms with E-state index in [4.69, 9.17) is 9.47 Å². The van der Waals surface area contributed by atoms with Crippen LogP contribution in [0.5, 0.6) is 11.5 Å². The van der Waals surface area contributed by atoms with E-state index in [1.165, 1.54) is 4.90 Å². The molecule has 2 aromatic carbocycles. The van der Waals surface area contributed by atoms with E-state index in [1.807, 2.05) is 32.0 Å². The summed E-state index contributed by atoms with van der Waals surface area (Å²) in [6.45, 7) is 4.52. The molecule has 0 saturated carbocycles. The van der Waals surface area contributed by atoms with Crippen molar-refractivity contribution in [3.8, 4) is 11.5 Å². The van der Waals surface area contributed by atoms with Gasteiger partial charge >= 0.3 is 6.03 Å². The third-order valence-corrected chi connectivity index (χ3v) is 5.15. The number of ether oxygens (including phenoxy) is 2. The molecule has 8 heteroatoms. The molecule has 4 rings (SSSR count). The molecule has 0 aliphatic carbocycles. The number of benzene rings is 2. The zero-order chi connectivity index (χ0) is 21.3. The second-order valence-electron chi connectivity index (χ2n) is 7.28. The van der Waals surface area contributed by atoms with Crippen molar-refractivity contribution in [2.75, 3.05) is 18.2 Å². The van der Waals surface area contributed by atoms with Gasteiger partial charge in [-0.05, 0) is 43.7 Å². The molecule has 0 aromatic heterocycles. The summed E-state index contributed by atoms with van der Waals surface area (Å²) in [5.74, 6) is 0.560. The zero-order valence-corrected chi connectivity index (χ0v) is 16.9. The van der Waals surface area contributed by atoms with Crippen LogP contribution in [-0.2, 0) is 16.1 Å². The van der Waals surface area contributed by atoms with Crippen LogP contribution in [0.2, 0.25) is 0 Å². The van der Waals surface area contributed by atoms with Crippen molar-refractivity contribution in [2.45, 2.75) is 32.9 Å². The van der Waals surface area contributed by atoms with Crippen molar-refractivity contribution < 1.29 is 23.9 Å². The largest absolute Gasteiger partial charge is 0.454 e. The van der Waals surface area contributed by atoms with Crippen molar-refractivity contribution in [1.82, 2.24) is 10.2 Å². The molecule has 8 nitrogen and oxygen atoms in total. The number of aryl methyl sites for hydroxylation is 1. The molecule has 2 aliphatic rings. The number of carbonyl (C=O) groups excluding carboxylic acids is 3. The molecule has 156 valence electrons. The highest BCUT2D eigenvalue weighted by Gasteiger charge is 2.46. The second-order valence-corrected chi connectivity index (χ2v) is 7.28. The summed E-state index contributed by atoms with van der Waals surface area (Å²) in [5.41, 5.74) is 2.30. The minimum Gasteiger partial charge on any atom is -0.454 e. The number of hydrogen-bond acceptors (Lipinski definition) is 5. The normalized spacial score (nSPS) is 17.6. The van der Waals surface area contributed by atoms with Crippen molar-refractivity contribution in [3.05, 3.63) is 53.6 Å². The number of hydrogen-bond donors (Lipinski definition) is 1. The fourth-order valence-corrected chi connectivity index (χ4v) is 3.63. The van der Waals surface area contributed by atoms with Crippen LogP contribution < -0.4 is 19.7 Å². The topological polar surface area (TPSA) is 88.2 Å². The first-order chi connectivity index (χ1) is 14.5. The molecule has 1 atom stereocenters. The Morgan fingerprint density at radius 1 is 1.10 bits per heavy atom. The summed E-state index contributed by atoms with van der Waals surface area (Å²) in [6.07, 6.45) is -0.0919. The standard InChI is InChI=1S/C22H23N3O5/c1-3-23-20(26)11-17-21(27)25(16-7-4-14(2)5-8-16)22(28)24(17)12-15-6-9-18-19(10-15)30-13-29-18/h4-10,17H,3,11-13H2,1-2H3,(H,23,26)/t17-/m0/s1. The van der Waals surface area contributed by atoms with E-state index < -0.39 is 18.0 Å². The lowest BCUT2D eigenvalue weighted by molar-refractivity contribution is -0.127. The van der Waals surface area contributed by atoms with E-state index in [2.05, 4.69) is 5.32 Å². The van der Waals surface area contributed by atoms with Gasteiger partial charge in [-0.3, -0.25) is 9.59 Å². The lowest BCUT2D eigenvalue weighted by Gasteiger charge is -2.21. The monoisotopic (exact) mass is 409 g/mol. The summed E-state index contributed by atoms with van der Waals surface area (Å²) in [7, 11) is 0. The molecule has 30 heavy (non-hydrogen) atoms. The summed E-state index contributed by atoms with van der Waals surface area (Å²) >= 11 is 0. The molecular weight excluding hydrogens is 386 g/mol. The predicted molar refractivity (Wildman–Crippen MR) is 109 cm³/mol. The molecule has 0 unspecified atom stereocenters. The Bertz CT molecular complexity index is 989. The molecule has 0 radical (unpaired) electrons. The molecule has 4 amide bonds. The SMILES string of the molecule is CCNC(=O)C[C@H]1C(=O)N(c2ccc(C)cc2)C(=O)N1Cc1ccc2c(c1)OCO2. The number of anilines is 1. The third-order valence-electron chi connectivity index (χ3n) is 5.15. The van der Waals surface area contributed by atoms with Gasteiger partial charge in [-0.15, -0.1) is 0 Å². The highest BCUT2D eigenvalue weighted by Crippen LogP contribution is 2.34. The van der Waals surface area contributed by atoms with Gasteiger partial charge in [-0.25, -0.2) is 9.69 Å². The molecule has 1 saturated heterocycles. The molecule has 2 aliphatic heterocycles. The average Bonchev–Trinajstić information content (AvgIpc) is 3.27. The fourth-order valence-electron chi connectivity index (χ4n) is 3.63. The molecule has 0 bridgehead atoms. The van der Waals surface area contributed by atoms with Crippen LogP contribution in [0.1, 0.15) is 24.5 Å². The highest BCUT2D eigenvalue weighted by molar-refractivity contribution is 6.22. The molecule has 0 spiro atoms. The van der Waals surface area contributed by atoms with Gasteiger partial charge < -0.3 is 19.7 Å². The number of fused-ring (bicyclic) bond motifs is 1. The van der Waals surface area contributed by atoms with E-state index in [1.54, 1.807) is 24.3 Å². The van der Waals surface area contributed by atoms with Crippen LogP contribution >= 0.6 is 0 Å². The summed E-state index contributed by atoms with van der Waals surface area (Å²) in [4.78, 5) is 41.2. The van der Waals surface area contributed by atoms with E-state index in [0.717, 1.165) is 16.0 Å². The number of urea groups is 1. The Labute approximate surface area is 174 Å². The Kier molecular flexibility index (Phi) is 5.31. The van der Waals surface area contributed by atoms with Crippen LogP contribution in [0.4, 0.5) is 10.5 Å². The fraction of sp³-hybridized carbons (Fsp3) is 0.318. The van der Waals surface area contributed by atoms with Crippen LogP contribution in [-0.4, -0.2) is 42.1 Å². The number of rotatable bonds is 6. The Morgan fingerprint density at radius 2 is 1.83 bits per heavy atom. The number of amides is 4. The van der Waals surface area contributed by atoms with Gasteiger partial charge in [-0.1, -0.05) is 23.8 Å². The summed E-state index contributed by atoms with van der Waals surface area (Å²) in [5, 5.41) is 2.70. The van der Waals surface area contributed by atoms with E-state index in [0.29, 0.717) is 23.7 Å². The zero-order valence-electron chi connectivity index (χ0n) is 16.9. The first-order valence-corrected chi connectivity index (χ1v) is 9.84. The minimum absolute atomic E-state index is 0.0919. The summed E-state index contributed by atoms with van der Waals surface area (Å²) < 4.78 is 10.7. The quantitative estimate of drug-likeness (QED) is 0.741. The van der Waals surface area contributed by atoms with Gasteiger partial charge in [0.2, 0.25) is 12.7 Å². The van der Waals surface area contributed by atoms with Crippen LogP contribution in [0, 0.1) is 6.92 Å². The van der Waals surface area contributed by atoms with Crippen molar-refractivity contribution in [3.63, 3.8) is 0 Å². The Hall–Kier alpha value is -3.55. The number of carbonyl (C=O) groups is 3. The van der Waals surface area contributed by atoms with Gasteiger partial charge in [0.05, 0.1) is 12.1 Å². The van der Waals surface area contributed by atoms with Gasteiger partial charge in [-0.2, -0.15) is 0 Å². The molecule has 1 N–H and O–H groups in total. The number of nitrogens with one attached hydrogen (secondary N) is 1. The molecular formula is C22H23N3O5. The van der Waals surface area contributed by atoms with E-state index in [9.17, 15) is 14.4 Å². The first-order valence-electron chi connectivity index (χ1n) is 9.84. The maximum Gasteiger partial charge on any atom is 0.332 e. The average molecular weight is 409 g/mol. The highest BCUT2D eigenvalue weighted by atomic mass is 16.7. The second kappa shape index (κ2) is 8.06. The number of imide groups is 1. The van der Waals surface area contributed by atoms with E-state index in [-0.39, 0.29) is 25.7 Å². The van der Waals surface area contributed by atoms with Gasteiger partial charge in [0.1, 0.15) is 6.04 Å². The smallest absolute Gasteiger partial charge is 0.332 e. The Balaban J connectivity index is 1.63. The lowest BCUT2D eigenvalue weighted by atomic mass is 10.1. The lowest BCUT2D eigenvalue weighted by Crippen LogP contribution is -2.39. The molecule has 1 fully saturated rings. The van der Waals surface area contributed by atoms with Crippen molar-refractivity contribution in [2.24, 2.45) is 0 Å². The van der Waals surface area contributed by atoms with Gasteiger partial charge in [0.25, 0.3) is 5.91 Å². The van der Waals surface area contributed by atoms with Crippen LogP contribution in [0.3, 0.4) is 0 Å². The maximum atomic E-state index is 13.2. The first kappa shape index (κ1) is 19.8. The summed E-state index contributed by atoms with van der Waals surface area (Å²) in [6, 6.07) is 11.2. The Morgan fingerprint density at radius 3 is 2.57 bits per heavy atom. The van der Waals surface area contributed by atoms with E-state index >= 15 is 0 Å².